The summed E-state index contributed by atoms with van der Waals surface area (Å²) in [5.41, 5.74) is 2.95. The van der Waals surface area contributed by atoms with E-state index >= 15 is 0 Å². The monoisotopic (exact) mass is 297 g/mol. The van der Waals surface area contributed by atoms with Crippen LogP contribution in [0.15, 0.2) is 42.5 Å². The van der Waals surface area contributed by atoms with Gasteiger partial charge in [0.2, 0.25) is 0 Å². The lowest BCUT2D eigenvalue weighted by Gasteiger charge is -2.26. The minimum Gasteiger partial charge on any atom is -0.486 e. The first-order valence-corrected chi connectivity index (χ1v) is 7.37. The smallest absolute Gasteiger partial charge is 0.251 e. The van der Waals surface area contributed by atoms with Crippen LogP contribution in [0.4, 0.5) is 0 Å². The standard InChI is InChI=1S/C18H19NO3/c1-12-7-8-14(9-13(12)2)18(20)19-10-15-11-21-16-5-3-4-6-17(16)22-15/h3-9,15H,10-11H2,1-2H3,(H,19,20)/t15-/m1/s1. The first-order valence-electron chi connectivity index (χ1n) is 7.37. The Balaban J connectivity index is 1.59. The molecule has 1 atom stereocenters. The average Bonchev–Trinajstić information content (AvgIpc) is 2.55. The van der Waals surface area contributed by atoms with Gasteiger partial charge in [-0.1, -0.05) is 18.2 Å². The van der Waals surface area contributed by atoms with Crippen molar-refractivity contribution in [2.75, 3.05) is 13.2 Å². The molecule has 114 valence electrons. The first kappa shape index (κ1) is 14.4. The van der Waals surface area contributed by atoms with Gasteiger partial charge in [0.15, 0.2) is 11.5 Å². The molecule has 0 radical (unpaired) electrons. The maximum atomic E-state index is 12.2. The first-order chi connectivity index (χ1) is 10.6. The topological polar surface area (TPSA) is 47.6 Å². The van der Waals surface area contributed by atoms with E-state index in [1.54, 1.807) is 0 Å². The lowest BCUT2D eigenvalue weighted by molar-refractivity contribution is 0.0789. The fraction of sp³-hybridized carbons (Fsp3) is 0.278. The lowest BCUT2D eigenvalue weighted by Crippen LogP contribution is -2.40. The van der Waals surface area contributed by atoms with E-state index in [2.05, 4.69) is 5.32 Å². The predicted molar refractivity (Wildman–Crippen MR) is 84.6 cm³/mol. The molecule has 1 amide bonds. The van der Waals surface area contributed by atoms with Crippen LogP contribution >= 0.6 is 0 Å². The van der Waals surface area contributed by atoms with E-state index in [0.717, 1.165) is 17.1 Å². The van der Waals surface area contributed by atoms with Gasteiger partial charge in [0.05, 0.1) is 6.54 Å². The molecule has 22 heavy (non-hydrogen) atoms. The highest BCUT2D eigenvalue weighted by Crippen LogP contribution is 2.30. The molecule has 1 heterocycles. The van der Waals surface area contributed by atoms with E-state index in [1.165, 1.54) is 5.56 Å². The summed E-state index contributed by atoms with van der Waals surface area (Å²) in [5, 5.41) is 2.90. The fourth-order valence-corrected chi connectivity index (χ4v) is 2.35. The number of para-hydroxylation sites is 2. The van der Waals surface area contributed by atoms with Crippen molar-refractivity contribution >= 4 is 5.91 Å². The highest BCUT2D eigenvalue weighted by atomic mass is 16.6. The van der Waals surface area contributed by atoms with Crippen LogP contribution in [-0.2, 0) is 0 Å². The maximum Gasteiger partial charge on any atom is 0.251 e. The highest BCUT2D eigenvalue weighted by molar-refractivity contribution is 5.94. The number of fused-ring (bicyclic) bond motifs is 1. The summed E-state index contributed by atoms with van der Waals surface area (Å²) in [5.74, 6) is 1.38. The van der Waals surface area contributed by atoms with Crippen LogP contribution in [0.1, 0.15) is 21.5 Å². The number of ether oxygens (including phenoxy) is 2. The third-order valence-electron chi connectivity index (χ3n) is 3.83. The minimum atomic E-state index is -0.176. The number of hydrogen-bond donors (Lipinski definition) is 1. The number of amides is 1. The average molecular weight is 297 g/mol. The van der Waals surface area contributed by atoms with E-state index in [4.69, 9.17) is 9.47 Å². The van der Waals surface area contributed by atoms with E-state index in [1.807, 2.05) is 56.3 Å². The summed E-state index contributed by atoms with van der Waals surface area (Å²) in [7, 11) is 0. The van der Waals surface area contributed by atoms with Gasteiger partial charge in [0.25, 0.3) is 5.91 Å². The van der Waals surface area contributed by atoms with E-state index in [9.17, 15) is 4.79 Å². The maximum absolute atomic E-state index is 12.2. The van der Waals surface area contributed by atoms with Gasteiger partial charge in [-0.05, 0) is 49.2 Å². The van der Waals surface area contributed by atoms with Gasteiger partial charge in [0.1, 0.15) is 12.7 Å². The predicted octanol–water partition coefficient (Wildman–Crippen LogP) is 2.87. The van der Waals surface area contributed by atoms with Gasteiger partial charge in [-0.15, -0.1) is 0 Å². The molecule has 0 unspecified atom stereocenters. The van der Waals surface area contributed by atoms with E-state index in [-0.39, 0.29) is 12.0 Å². The molecule has 2 aromatic rings. The second-order valence-corrected chi connectivity index (χ2v) is 5.51. The van der Waals surface area contributed by atoms with Gasteiger partial charge in [0, 0.05) is 5.56 Å². The molecule has 3 rings (SSSR count). The zero-order valence-corrected chi connectivity index (χ0v) is 12.8. The Kier molecular flexibility index (Phi) is 4.00. The number of rotatable bonds is 3. The third-order valence-corrected chi connectivity index (χ3v) is 3.83. The Labute approximate surface area is 130 Å². The van der Waals surface area contributed by atoms with Crippen LogP contribution < -0.4 is 14.8 Å². The molecular formula is C18H19NO3. The quantitative estimate of drug-likeness (QED) is 0.947. The van der Waals surface area contributed by atoms with Gasteiger partial charge in [-0.2, -0.15) is 0 Å². The molecule has 0 aliphatic carbocycles. The molecule has 1 aliphatic rings. The van der Waals surface area contributed by atoms with Crippen molar-refractivity contribution in [3.8, 4) is 11.5 Å². The SMILES string of the molecule is Cc1ccc(C(=O)NC[C@@H]2COc3ccccc3O2)cc1C. The Bertz CT molecular complexity index is 696. The van der Waals surface area contributed by atoms with Crippen LogP contribution in [0.2, 0.25) is 0 Å². The number of benzene rings is 2. The summed E-state index contributed by atoms with van der Waals surface area (Å²) in [4.78, 5) is 12.2. The molecule has 1 aliphatic heterocycles. The number of hydrogen-bond acceptors (Lipinski definition) is 3. The van der Waals surface area contributed by atoms with E-state index in [0.29, 0.717) is 18.7 Å². The normalized spacial score (nSPS) is 16.2. The van der Waals surface area contributed by atoms with Gasteiger partial charge in [-0.25, -0.2) is 0 Å². The Morgan fingerprint density at radius 3 is 2.68 bits per heavy atom. The Morgan fingerprint density at radius 1 is 1.14 bits per heavy atom. The van der Waals surface area contributed by atoms with Crippen LogP contribution in [0.3, 0.4) is 0 Å². The molecule has 0 bridgehead atoms. The zero-order chi connectivity index (χ0) is 15.5. The number of carbonyl (C=O) groups excluding carboxylic acids is 1. The minimum absolute atomic E-state index is 0.0921. The van der Waals surface area contributed by atoms with Crippen molar-refractivity contribution in [3.05, 3.63) is 59.2 Å². The molecule has 0 spiro atoms. The molecule has 1 N–H and O–H groups in total. The lowest BCUT2D eigenvalue weighted by atomic mass is 10.1. The summed E-state index contributed by atoms with van der Waals surface area (Å²) in [6.45, 7) is 4.88. The fourth-order valence-electron chi connectivity index (χ4n) is 2.35. The number of aryl methyl sites for hydroxylation is 2. The second-order valence-electron chi connectivity index (χ2n) is 5.51. The molecule has 0 saturated carbocycles. The molecular weight excluding hydrogens is 278 g/mol. The van der Waals surface area contributed by atoms with Crippen molar-refractivity contribution < 1.29 is 14.3 Å². The summed E-state index contributed by atoms with van der Waals surface area (Å²) in [6, 6.07) is 13.2. The van der Waals surface area contributed by atoms with Crippen LogP contribution in [0.25, 0.3) is 0 Å². The van der Waals surface area contributed by atoms with Gasteiger partial charge in [-0.3, -0.25) is 4.79 Å². The second kappa shape index (κ2) is 6.10. The largest absolute Gasteiger partial charge is 0.486 e. The van der Waals surface area contributed by atoms with Crippen molar-refractivity contribution in [2.24, 2.45) is 0 Å². The summed E-state index contributed by atoms with van der Waals surface area (Å²) in [6.07, 6.45) is -0.176. The highest BCUT2D eigenvalue weighted by Gasteiger charge is 2.21. The molecule has 4 nitrogen and oxygen atoms in total. The van der Waals surface area contributed by atoms with Gasteiger partial charge >= 0.3 is 0 Å². The van der Waals surface area contributed by atoms with Crippen molar-refractivity contribution in [3.63, 3.8) is 0 Å². The van der Waals surface area contributed by atoms with Crippen LogP contribution in [-0.4, -0.2) is 25.2 Å². The summed E-state index contributed by atoms with van der Waals surface area (Å²) < 4.78 is 11.5. The van der Waals surface area contributed by atoms with Crippen molar-refractivity contribution in [2.45, 2.75) is 20.0 Å². The Hall–Kier alpha value is -2.49. The molecule has 0 aromatic heterocycles. The molecule has 0 saturated heterocycles. The Morgan fingerprint density at radius 2 is 1.91 bits per heavy atom. The molecule has 2 aromatic carbocycles. The van der Waals surface area contributed by atoms with Crippen LogP contribution in [0, 0.1) is 13.8 Å². The number of nitrogens with one attached hydrogen (secondary N) is 1. The molecule has 4 heteroatoms. The van der Waals surface area contributed by atoms with Gasteiger partial charge < -0.3 is 14.8 Å². The van der Waals surface area contributed by atoms with Crippen molar-refractivity contribution in [1.82, 2.24) is 5.32 Å². The number of carbonyl (C=O) groups is 1. The molecule has 0 fully saturated rings. The summed E-state index contributed by atoms with van der Waals surface area (Å²) >= 11 is 0. The van der Waals surface area contributed by atoms with Crippen LogP contribution in [0.5, 0.6) is 11.5 Å². The zero-order valence-electron chi connectivity index (χ0n) is 12.8. The van der Waals surface area contributed by atoms with Crippen molar-refractivity contribution in [1.29, 1.82) is 0 Å². The van der Waals surface area contributed by atoms with E-state index < -0.39 is 0 Å². The third kappa shape index (κ3) is 3.06.